The molecule has 2 rings (SSSR count). The molecule has 2 fully saturated rings. The average molecular weight is 328 g/mol. The minimum absolute atomic E-state index is 0.156. The first kappa shape index (κ1) is 18.0. The van der Waals surface area contributed by atoms with Crippen LogP contribution >= 0.6 is 0 Å². The Morgan fingerprint density at radius 2 is 2.00 bits per heavy atom. The number of nitrogens with zero attached hydrogens (tertiary/aromatic N) is 1. The molecule has 0 aromatic rings. The third kappa shape index (κ3) is 4.57. The SMILES string of the molecule is CC(C)C(NC(=O)OC(C)(C)C)C1OC1N1CCCC1C(=O)O. The van der Waals surface area contributed by atoms with E-state index in [1.165, 1.54) is 0 Å². The average Bonchev–Trinajstić information content (AvgIpc) is 2.99. The Kier molecular flexibility index (Phi) is 5.20. The van der Waals surface area contributed by atoms with Gasteiger partial charge < -0.3 is 19.9 Å². The minimum Gasteiger partial charge on any atom is -0.480 e. The van der Waals surface area contributed by atoms with Crippen LogP contribution in [0.4, 0.5) is 4.79 Å². The maximum absolute atomic E-state index is 12.0. The standard InChI is InChI=1S/C16H28N2O5/c1-9(2)11(17-15(21)23-16(3,4)5)12-13(22-12)18-8-6-7-10(18)14(19)20/h9-13H,6-8H2,1-5H3,(H,17,21)(H,19,20). The Morgan fingerprint density at radius 3 is 2.52 bits per heavy atom. The highest BCUT2D eigenvalue weighted by Gasteiger charge is 2.53. The van der Waals surface area contributed by atoms with Crippen molar-refractivity contribution in [2.24, 2.45) is 5.92 Å². The molecule has 1 amide bonds. The minimum atomic E-state index is -0.807. The first-order chi connectivity index (χ1) is 10.6. The van der Waals surface area contributed by atoms with Gasteiger partial charge in [0.2, 0.25) is 0 Å². The van der Waals surface area contributed by atoms with Gasteiger partial charge in [-0.15, -0.1) is 0 Å². The summed E-state index contributed by atoms with van der Waals surface area (Å²) in [5, 5.41) is 12.2. The highest BCUT2D eigenvalue weighted by Crippen LogP contribution is 2.36. The second kappa shape index (κ2) is 6.65. The van der Waals surface area contributed by atoms with Crippen molar-refractivity contribution in [1.82, 2.24) is 10.2 Å². The van der Waals surface area contributed by atoms with E-state index in [2.05, 4.69) is 5.32 Å². The number of carboxylic acid groups (broad SMARTS) is 1. The summed E-state index contributed by atoms with van der Waals surface area (Å²) in [6, 6.07) is -0.691. The summed E-state index contributed by atoms with van der Waals surface area (Å²) >= 11 is 0. The zero-order valence-electron chi connectivity index (χ0n) is 14.5. The fourth-order valence-electron chi connectivity index (χ4n) is 3.08. The lowest BCUT2D eigenvalue weighted by atomic mass is 10.0. The molecule has 0 saturated carbocycles. The zero-order valence-corrected chi connectivity index (χ0v) is 14.5. The molecule has 0 spiro atoms. The van der Waals surface area contributed by atoms with E-state index in [0.29, 0.717) is 6.42 Å². The van der Waals surface area contributed by atoms with Crippen molar-refractivity contribution in [3.63, 3.8) is 0 Å². The number of aliphatic carboxylic acids is 1. The van der Waals surface area contributed by atoms with Gasteiger partial charge in [-0.2, -0.15) is 0 Å². The van der Waals surface area contributed by atoms with Gasteiger partial charge in [0.25, 0.3) is 0 Å². The number of nitrogens with one attached hydrogen (secondary N) is 1. The van der Waals surface area contributed by atoms with Gasteiger partial charge in [-0.1, -0.05) is 13.8 Å². The van der Waals surface area contributed by atoms with E-state index < -0.39 is 23.7 Å². The monoisotopic (exact) mass is 328 g/mol. The van der Waals surface area contributed by atoms with Crippen molar-refractivity contribution >= 4 is 12.1 Å². The Morgan fingerprint density at radius 1 is 1.35 bits per heavy atom. The number of hydrogen-bond acceptors (Lipinski definition) is 5. The number of carboxylic acids is 1. The van der Waals surface area contributed by atoms with Crippen LogP contribution in [-0.4, -0.2) is 58.6 Å². The van der Waals surface area contributed by atoms with Crippen LogP contribution in [0.3, 0.4) is 0 Å². The second-order valence-corrected chi connectivity index (χ2v) is 7.64. The molecule has 0 aromatic heterocycles. The summed E-state index contributed by atoms with van der Waals surface area (Å²) in [6.07, 6.45) is 0.605. The molecule has 0 radical (unpaired) electrons. The molecular weight excluding hydrogens is 300 g/mol. The molecule has 2 N–H and O–H groups in total. The Bertz CT molecular complexity index is 460. The van der Waals surface area contributed by atoms with E-state index >= 15 is 0 Å². The van der Waals surface area contributed by atoms with Gasteiger partial charge in [0.15, 0.2) is 0 Å². The molecule has 0 aromatic carbocycles. The molecule has 132 valence electrons. The fourth-order valence-corrected chi connectivity index (χ4v) is 3.08. The van der Waals surface area contributed by atoms with Crippen molar-refractivity contribution in [1.29, 1.82) is 0 Å². The molecular formula is C16H28N2O5. The maximum Gasteiger partial charge on any atom is 0.407 e. The Balaban J connectivity index is 1.96. The number of likely N-dealkylation sites (tertiary alicyclic amines) is 1. The van der Waals surface area contributed by atoms with Crippen molar-refractivity contribution in [3.8, 4) is 0 Å². The fraction of sp³-hybridized carbons (Fsp3) is 0.875. The number of carbonyl (C=O) groups excluding carboxylic acids is 1. The summed E-state index contributed by atoms with van der Waals surface area (Å²) in [7, 11) is 0. The van der Waals surface area contributed by atoms with Crippen LogP contribution in [0.2, 0.25) is 0 Å². The second-order valence-electron chi connectivity index (χ2n) is 7.64. The molecule has 4 atom stereocenters. The van der Waals surface area contributed by atoms with Gasteiger partial charge in [-0.25, -0.2) is 4.79 Å². The number of amides is 1. The van der Waals surface area contributed by atoms with E-state index in [4.69, 9.17) is 9.47 Å². The maximum atomic E-state index is 12.0. The van der Waals surface area contributed by atoms with Crippen molar-refractivity contribution in [2.45, 2.75) is 77.5 Å². The van der Waals surface area contributed by atoms with Gasteiger partial charge in [0.05, 0.1) is 6.04 Å². The topological polar surface area (TPSA) is 91.4 Å². The molecule has 23 heavy (non-hydrogen) atoms. The van der Waals surface area contributed by atoms with Crippen LogP contribution < -0.4 is 5.32 Å². The predicted octanol–water partition coefficient (Wildman–Crippen LogP) is 1.81. The van der Waals surface area contributed by atoms with E-state index in [0.717, 1.165) is 13.0 Å². The number of epoxide rings is 1. The van der Waals surface area contributed by atoms with Crippen LogP contribution in [0, 0.1) is 5.92 Å². The van der Waals surface area contributed by atoms with Crippen LogP contribution in [-0.2, 0) is 14.3 Å². The van der Waals surface area contributed by atoms with Gasteiger partial charge in [0.1, 0.15) is 24.0 Å². The van der Waals surface area contributed by atoms with Gasteiger partial charge >= 0.3 is 12.1 Å². The first-order valence-corrected chi connectivity index (χ1v) is 8.23. The van der Waals surface area contributed by atoms with Gasteiger partial charge in [-0.05, 0) is 39.5 Å². The molecule has 7 nitrogen and oxygen atoms in total. The number of rotatable bonds is 5. The molecule has 2 aliphatic heterocycles. The molecule has 7 heteroatoms. The van der Waals surface area contributed by atoms with Crippen LogP contribution in [0.1, 0.15) is 47.5 Å². The summed E-state index contributed by atoms with van der Waals surface area (Å²) in [5.41, 5.74) is -0.557. The van der Waals surface area contributed by atoms with Gasteiger partial charge in [0, 0.05) is 6.54 Å². The normalized spacial score (nSPS) is 29.4. The van der Waals surface area contributed by atoms with E-state index in [9.17, 15) is 14.7 Å². The Labute approximate surface area is 137 Å². The zero-order chi connectivity index (χ0) is 17.4. The van der Waals surface area contributed by atoms with Crippen molar-refractivity contribution in [2.75, 3.05) is 6.54 Å². The molecule has 2 aliphatic rings. The number of carbonyl (C=O) groups is 2. The number of ether oxygens (including phenoxy) is 2. The Hall–Kier alpha value is -1.34. The lowest BCUT2D eigenvalue weighted by Crippen LogP contribution is -2.47. The third-order valence-electron chi connectivity index (χ3n) is 4.16. The first-order valence-electron chi connectivity index (χ1n) is 8.23. The van der Waals surface area contributed by atoms with Crippen LogP contribution in [0.5, 0.6) is 0 Å². The van der Waals surface area contributed by atoms with Crippen LogP contribution in [0.15, 0.2) is 0 Å². The third-order valence-corrected chi connectivity index (χ3v) is 4.16. The van der Waals surface area contributed by atoms with Crippen LogP contribution in [0.25, 0.3) is 0 Å². The highest BCUT2D eigenvalue weighted by molar-refractivity contribution is 5.74. The molecule has 2 saturated heterocycles. The summed E-state index contributed by atoms with van der Waals surface area (Å²) in [4.78, 5) is 25.2. The summed E-state index contributed by atoms with van der Waals surface area (Å²) < 4.78 is 11.0. The van der Waals surface area contributed by atoms with Gasteiger partial charge in [-0.3, -0.25) is 9.69 Å². The van der Waals surface area contributed by atoms with E-state index in [-0.39, 0.29) is 24.3 Å². The predicted molar refractivity (Wildman–Crippen MR) is 84.0 cm³/mol. The number of alkyl carbamates (subject to hydrolysis) is 1. The van der Waals surface area contributed by atoms with E-state index in [1.54, 1.807) is 0 Å². The molecule has 0 aliphatic carbocycles. The molecule has 4 unspecified atom stereocenters. The van der Waals surface area contributed by atoms with Crippen molar-refractivity contribution in [3.05, 3.63) is 0 Å². The summed E-state index contributed by atoms with van der Waals surface area (Å²) in [5.74, 6) is -0.652. The largest absolute Gasteiger partial charge is 0.480 e. The molecule has 2 heterocycles. The van der Waals surface area contributed by atoms with E-state index in [1.807, 2.05) is 39.5 Å². The quantitative estimate of drug-likeness (QED) is 0.748. The number of hydrogen-bond donors (Lipinski definition) is 2. The highest BCUT2D eigenvalue weighted by atomic mass is 16.6. The summed E-state index contributed by atoms with van der Waals surface area (Å²) in [6.45, 7) is 10.2. The lowest BCUT2D eigenvalue weighted by molar-refractivity contribution is -0.142. The lowest BCUT2D eigenvalue weighted by Gasteiger charge is -2.26. The molecule has 0 bridgehead atoms. The van der Waals surface area contributed by atoms with Crippen molar-refractivity contribution < 1.29 is 24.2 Å². The smallest absolute Gasteiger partial charge is 0.407 e.